The van der Waals surface area contributed by atoms with E-state index in [9.17, 15) is 0 Å². The highest BCUT2D eigenvalue weighted by molar-refractivity contribution is 5.96. The Morgan fingerprint density at radius 1 is 0.418 bits per heavy atom. The number of anilines is 6. The maximum atomic E-state index is 6.66. The van der Waals surface area contributed by atoms with Crippen molar-refractivity contribution in [3.05, 3.63) is 178 Å². The number of rotatable bonds is 3. The van der Waals surface area contributed by atoms with Crippen LogP contribution < -0.4 is 14.5 Å². The van der Waals surface area contributed by atoms with Crippen molar-refractivity contribution in [3.8, 4) is 33.8 Å². The number of fused-ring (bicyclic) bond motifs is 10. The van der Waals surface area contributed by atoms with Crippen LogP contribution in [0.5, 0.6) is 11.5 Å². The standard InChI is InChI=1S/C52H44N2O/c1-31-14-12-20-46-48(31)54-45-30-34(24-27-41(45)52(6,7)42-19-13-21-47(55-46)49(42)54)53(32-22-25-37-35-15-8-10-17-39(35)50(2,3)43(37)28-32)33-23-26-38-36-16-9-11-18-40(36)51(4,5)44(38)29-33/h8-30H,1-7H3. The van der Waals surface area contributed by atoms with Crippen LogP contribution in [0.15, 0.2) is 140 Å². The fourth-order valence-corrected chi connectivity index (χ4v) is 10.4. The van der Waals surface area contributed by atoms with Crippen LogP contribution in [0.4, 0.5) is 34.1 Å². The van der Waals surface area contributed by atoms with Crippen molar-refractivity contribution in [1.82, 2.24) is 0 Å². The molecule has 0 atom stereocenters. The van der Waals surface area contributed by atoms with Crippen molar-refractivity contribution in [3.63, 3.8) is 0 Å². The molecule has 0 fully saturated rings. The molecular formula is C52H44N2O. The van der Waals surface area contributed by atoms with Crippen molar-refractivity contribution >= 4 is 34.1 Å². The third-order valence-corrected chi connectivity index (χ3v) is 13.3. The third kappa shape index (κ3) is 4.21. The molecule has 11 rings (SSSR count). The van der Waals surface area contributed by atoms with E-state index in [1.54, 1.807) is 0 Å². The molecular weight excluding hydrogens is 669 g/mol. The second kappa shape index (κ2) is 10.8. The second-order valence-corrected chi connectivity index (χ2v) is 17.5. The Balaban J connectivity index is 1.16. The van der Waals surface area contributed by atoms with Crippen LogP contribution in [0.2, 0.25) is 0 Å². The van der Waals surface area contributed by atoms with E-state index in [-0.39, 0.29) is 16.2 Å². The fraction of sp³-hybridized carbons (Fsp3) is 0.192. The molecule has 0 radical (unpaired) electrons. The van der Waals surface area contributed by atoms with Gasteiger partial charge in [-0.3, -0.25) is 0 Å². The van der Waals surface area contributed by atoms with Crippen LogP contribution in [0.25, 0.3) is 22.3 Å². The van der Waals surface area contributed by atoms with Gasteiger partial charge in [-0.25, -0.2) is 0 Å². The Hall–Kier alpha value is -6.06. The number of hydrogen-bond donors (Lipinski definition) is 0. The summed E-state index contributed by atoms with van der Waals surface area (Å²) in [5, 5.41) is 0. The molecule has 0 N–H and O–H groups in total. The Morgan fingerprint density at radius 3 is 1.51 bits per heavy atom. The lowest BCUT2D eigenvalue weighted by atomic mass is 9.73. The first-order chi connectivity index (χ1) is 26.5. The molecule has 0 aromatic heterocycles. The van der Waals surface area contributed by atoms with Gasteiger partial charge in [0.05, 0.1) is 17.1 Å². The number of para-hydroxylation sites is 2. The quantitative estimate of drug-likeness (QED) is 0.181. The van der Waals surface area contributed by atoms with Gasteiger partial charge in [0.1, 0.15) is 0 Å². The first kappa shape index (κ1) is 32.4. The van der Waals surface area contributed by atoms with Gasteiger partial charge >= 0.3 is 0 Å². The zero-order chi connectivity index (χ0) is 37.6. The van der Waals surface area contributed by atoms with E-state index in [1.165, 1.54) is 66.9 Å². The molecule has 55 heavy (non-hydrogen) atoms. The van der Waals surface area contributed by atoms with Crippen molar-refractivity contribution in [2.75, 3.05) is 9.80 Å². The summed E-state index contributed by atoms with van der Waals surface area (Å²) in [5.41, 5.74) is 21.0. The van der Waals surface area contributed by atoms with E-state index in [0.29, 0.717) is 0 Å². The van der Waals surface area contributed by atoms with Gasteiger partial charge in [-0.2, -0.15) is 0 Å². The van der Waals surface area contributed by atoms with Crippen LogP contribution in [-0.2, 0) is 16.2 Å². The molecule has 0 saturated heterocycles. The Morgan fingerprint density at radius 2 is 0.891 bits per heavy atom. The minimum atomic E-state index is -0.239. The van der Waals surface area contributed by atoms with Crippen molar-refractivity contribution < 1.29 is 4.74 Å². The summed E-state index contributed by atoms with van der Waals surface area (Å²) >= 11 is 0. The van der Waals surface area contributed by atoms with E-state index >= 15 is 0 Å². The minimum Gasteiger partial charge on any atom is -0.453 e. The summed E-state index contributed by atoms with van der Waals surface area (Å²) < 4.78 is 6.66. The molecule has 3 nitrogen and oxygen atoms in total. The summed E-state index contributed by atoms with van der Waals surface area (Å²) in [6.07, 6.45) is 0. The smallest absolute Gasteiger partial charge is 0.151 e. The molecule has 3 heteroatoms. The molecule has 0 unspecified atom stereocenters. The number of hydrogen-bond acceptors (Lipinski definition) is 3. The lowest BCUT2D eigenvalue weighted by Gasteiger charge is -2.45. The van der Waals surface area contributed by atoms with E-state index < -0.39 is 0 Å². The van der Waals surface area contributed by atoms with Gasteiger partial charge in [-0.1, -0.05) is 133 Å². The summed E-state index contributed by atoms with van der Waals surface area (Å²) in [5.74, 6) is 1.79. The van der Waals surface area contributed by atoms with Gasteiger partial charge in [-0.05, 0) is 117 Å². The Labute approximate surface area is 324 Å². The zero-order valence-electron chi connectivity index (χ0n) is 32.6. The molecule has 7 aromatic rings. The van der Waals surface area contributed by atoms with Gasteiger partial charge in [0, 0.05) is 33.3 Å². The van der Waals surface area contributed by atoms with Crippen LogP contribution >= 0.6 is 0 Å². The van der Waals surface area contributed by atoms with Crippen LogP contribution in [0.1, 0.15) is 80.5 Å². The van der Waals surface area contributed by atoms with Gasteiger partial charge in [0.2, 0.25) is 0 Å². The number of benzene rings is 7. The number of ether oxygens (including phenoxy) is 1. The maximum Gasteiger partial charge on any atom is 0.151 e. The van der Waals surface area contributed by atoms with E-state index in [0.717, 1.165) is 39.9 Å². The molecule has 0 amide bonds. The average molecular weight is 713 g/mol. The largest absolute Gasteiger partial charge is 0.453 e. The van der Waals surface area contributed by atoms with Gasteiger partial charge in [0.15, 0.2) is 11.5 Å². The lowest BCUT2D eigenvalue weighted by Crippen LogP contribution is -2.32. The van der Waals surface area contributed by atoms with E-state index in [1.807, 2.05) is 0 Å². The topological polar surface area (TPSA) is 15.7 Å². The third-order valence-electron chi connectivity index (χ3n) is 13.3. The lowest BCUT2D eigenvalue weighted by molar-refractivity contribution is 0.471. The summed E-state index contributed by atoms with van der Waals surface area (Å²) in [4.78, 5) is 4.97. The maximum absolute atomic E-state index is 6.66. The predicted molar refractivity (Wildman–Crippen MR) is 228 cm³/mol. The highest BCUT2D eigenvalue weighted by Gasteiger charge is 2.43. The SMILES string of the molecule is Cc1cccc2c1N1c3cc(N(c4ccc5c(c4)C(C)(C)c4ccccc4-5)c4ccc5c(c4)C(C)(C)c4ccccc4-5)ccc3C(C)(C)c3cccc(c31)O2. The number of aryl methyl sites for hydroxylation is 1. The van der Waals surface area contributed by atoms with E-state index in [4.69, 9.17) is 4.74 Å². The van der Waals surface area contributed by atoms with Crippen LogP contribution in [0.3, 0.4) is 0 Å². The molecule has 0 saturated carbocycles. The van der Waals surface area contributed by atoms with Crippen molar-refractivity contribution in [2.24, 2.45) is 0 Å². The van der Waals surface area contributed by atoms with E-state index in [2.05, 4.69) is 198 Å². The summed E-state index contributed by atoms with van der Waals surface area (Å²) in [6.45, 7) is 16.4. The van der Waals surface area contributed by atoms with Crippen LogP contribution in [0, 0.1) is 6.92 Å². The molecule has 268 valence electrons. The Bertz CT molecular complexity index is 2700. The van der Waals surface area contributed by atoms with Crippen molar-refractivity contribution in [1.29, 1.82) is 0 Å². The van der Waals surface area contributed by atoms with Gasteiger partial charge in [0.25, 0.3) is 0 Å². The second-order valence-electron chi connectivity index (χ2n) is 17.5. The summed E-state index contributed by atoms with van der Waals surface area (Å²) in [7, 11) is 0. The minimum absolute atomic E-state index is 0.121. The van der Waals surface area contributed by atoms with Gasteiger partial charge < -0.3 is 14.5 Å². The average Bonchev–Trinajstić information content (AvgIpc) is 3.56. The predicted octanol–water partition coefficient (Wildman–Crippen LogP) is 14.3. The first-order valence-corrected chi connectivity index (χ1v) is 19.6. The molecule has 0 bridgehead atoms. The summed E-state index contributed by atoms with van der Waals surface area (Å²) in [6, 6.07) is 52.2. The van der Waals surface area contributed by atoms with Gasteiger partial charge in [-0.15, -0.1) is 0 Å². The fourth-order valence-electron chi connectivity index (χ4n) is 10.4. The highest BCUT2D eigenvalue weighted by atomic mass is 16.5. The monoisotopic (exact) mass is 712 g/mol. The zero-order valence-corrected chi connectivity index (χ0v) is 32.6. The number of nitrogens with zero attached hydrogens (tertiary/aromatic N) is 2. The molecule has 7 aromatic carbocycles. The first-order valence-electron chi connectivity index (χ1n) is 19.6. The highest BCUT2D eigenvalue weighted by Crippen LogP contribution is 2.61. The molecule has 0 spiro atoms. The van der Waals surface area contributed by atoms with Crippen LogP contribution in [-0.4, -0.2) is 0 Å². The van der Waals surface area contributed by atoms with Crippen molar-refractivity contribution in [2.45, 2.75) is 64.7 Å². The molecule has 2 heterocycles. The molecule has 4 aliphatic rings. The normalized spacial score (nSPS) is 16.5. The molecule has 2 aliphatic heterocycles. The Kier molecular flexibility index (Phi) is 6.35. The molecule has 2 aliphatic carbocycles.